The normalized spacial score (nSPS) is 13.2. The molecule has 0 aliphatic heterocycles. The van der Waals surface area contributed by atoms with E-state index in [1.165, 1.54) is 16.2 Å². The zero-order chi connectivity index (χ0) is 19.8. The minimum Gasteiger partial charge on any atom is -0.365 e. The van der Waals surface area contributed by atoms with Crippen LogP contribution in [0.15, 0.2) is 29.0 Å². The first-order valence-electron chi connectivity index (χ1n) is 8.73. The number of carbonyl (C=O) groups excluding carboxylic acids is 2. The van der Waals surface area contributed by atoms with E-state index in [4.69, 9.17) is 28.9 Å². The molecule has 1 aliphatic rings. The summed E-state index contributed by atoms with van der Waals surface area (Å²) in [7, 11) is 0. The van der Waals surface area contributed by atoms with Crippen LogP contribution < -0.4 is 11.1 Å². The van der Waals surface area contributed by atoms with Gasteiger partial charge in [-0.1, -0.05) is 29.3 Å². The second-order valence-electron chi connectivity index (χ2n) is 6.55. The first-order chi connectivity index (χ1) is 13.5. The number of halogens is 2. The number of primary amides is 1. The third-order valence-electron chi connectivity index (χ3n) is 4.79. The van der Waals surface area contributed by atoms with Crippen LogP contribution in [0.3, 0.4) is 0 Å². The maximum atomic E-state index is 12.9. The number of nitrogens with two attached hydrogens (primary N) is 1. The van der Waals surface area contributed by atoms with Crippen molar-refractivity contribution in [3.8, 4) is 11.1 Å². The SMILES string of the molecule is NC(=O)c1c(-c2ccc(Cl)cc2Cl)csc1NC(=O)c1csc2c1CCCC2. The van der Waals surface area contributed by atoms with Gasteiger partial charge in [-0.2, -0.15) is 0 Å². The molecule has 28 heavy (non-hydrogen) atoms. The van der Waals surface area contributed by atoms with Gasteiger partial charge in [0, 0.05) is 36.8 Å². The Morgan fingerprint density at radius 3 is 2.57 bits per heavy atom. The second-order valence-corrected chi connectivity index (χ2v) is 9.24. The van der Waals surface area contributed by atoms with E-state index in [1.807, 2.05) is 5.38 Å². The first-order valence-corrected chi connectivity index (χ1v) is 11.2. The molecule has 0 spiro atoms. The van der Waals surface area contributed by atoms with Gasteiger partial charge in [0.1, 0.15) is 5.00 Å². The van der Waals surface area contributed by atoms with E-state index < -0.39 is 5.91 Å². The van der Waals surface area contributed by atoms with Crippen LogP contribution in [-0.4, -0.2) is 11.8 Å². The molecule has 1 aromatic carbocycles. The standard InChI is InChI=1S/C20H16Cl2N2O2S2/c21-10-5-6-11(15(22)7-10)13-8-28-20(17(13)18(23)25)24-19(26)14-9-27-16-4-2-1-3-12(14)16/h5-9H,1-4H2,(H2,23,25)(H,24,26). The van der Waals surface area contributed by atoms with Gasteiger partial charge in [-0.05, 0) is 43.4 Å². The average molecular weight is 451 g/mol. The van der Waals surface area contributed by atoms with Crippen molar-refractivity contribution in [2.45, 2.75) is 25.7 Å². The highest BCUT2D eigenvalue weighted by molar-refractivity contribution is 7.15. The van der Waals surface area contributed by atoms with Gasteiger partial charge in [0.2, 0.25) is 0 Å². The summed E-state index contributed by atoms with van der Waals surface area (Å²) in [4.78, 5) is 26.3. The quantitative estimate of drug-likeness (QED) is 0.510. The van der Waals surface area contributed by atoms with E-state index in [2.05, 4.69) is 5.32 Å². The maximum absolute atomic E-state index is 12.9. The number of nitrogens with one attached hydrogen (secondary N) is 1. The molecule has 3 aromatic rings. The van der Waals surface area contributed by atoms with Crippen LogP contribution in [0.1, 0.15) is 44.0 Å². The molecule has 2 amide bonds. The number of hydrogen-bond acceptors (Lipinski definition) is 4. The Kier molecular flexibility index (Phi) is 5.47. The van der Waals surface area contributed by atoms with Crippen molar-refractivity contribution in [2.75, 3.05) is 5.32 Å². The highest BCUT2D eigenvalue weighted by Gasteiger charge is 2.24. The van der Waals surface area contributed by atoms with E-state index in [9.17, 15) is 9.59 Å². The number of anilines is 1. The maximum Gasteiger partial charge on any atom is 0.257 e. The molecule has 2 aromatic heterocycles. The summed E-state index contributed by atoms with van der Waals surface area (Å²) in [6, 6.07) is 5.04. The average Bonchev–Trinajstić information content (AvgIpc) is 3.26. The summed E-state index contributed by atoms with van der Waals surface area (Å²) in [5, 5.41) is 7.90. The smallest absolute Gasteiger partial charge is 0.257 e. The Labute approximate surface area is 180 Å². The molecule has 4 rings (SSSR count). The van der Waals surface area contributed by atoms with Crippen LogP contribution in [0, 0.1) is 0 Å². The molecule has 0 radical (unpaired) electrons. The summed E-state index contributed by atoms with van der Waals surface area (Å²) in [6.07, 6.45) is 4.20. The van der Waals surface area contributed by atoms with Crippen LogP contribution in [-0.2, 0) is 12.8 Å². The summed E-state index contributed by atoms with van der Waals surface area (Å²) in [6.45, 7) is 0. The molecular weight excluding hydrogens is 435 g/mol. The Morgan fingerprint density at radius 1 is 1.04 bits per heavy atom. The van der Waals surface area contributed by atoms with Crippen molar-refractivity contribution in [3.05, 3.63) is 60.6 Å². The third kappa shape index (κ3) is 3.57. The number of aryl methyl sites for hydroxylation is 1. The van der Waals surface area contributed by atoms with E-state index in [-0.39, 0.29) is 11.5 Å². The number of carbonyl (C=O) groups is 2. The number of benzene rings is 1. The minimum atomic E-state index is -0.620. The zero-order valence-corrected chi connectivity index (χ0v) is 17.8. The third-order valence-corrected chi connectivity index (χ3v) is 7.32. The first kappa shape index (κ1) is 19.5. The van der Waals surface area contributed by atoms with Gasteiger partial charge >= 0.3 is 0 Å². The van der Waals surface area contributed by atoms with E-state index >= 15 is 0 Å². The van der Waals surface area contributed by atoms with Crippen LogP contribution in [0.25, 0.3) is 11.1 Å². The number of fused-ring (bicyclic) bond motifs is 1. The number of thiophene rings is 2. The van der Waals surface area contributed by atoms with Crippen molar-refractivity contribution in [2.24, 2.45) is 5.73 Å². The molecule has 8 heteroatoms. The van der Waals surface area contributed by atoms with Crippen LogP contribution in [0.5, 0.6) is 0 Å². The highest BCUT2D eigenvalue weighted by Crippen LogP contribution is 2.40. The lowest BCUT2D eigenvalue weighted by molar-refractivity contribution is 0.100. The molecule has 0 saturated heterocycles. The fourth-order valence-corrected chi connectivity index (χ4v) is 6.05. The topological polar surface area (TPSA) is 72.2 Å². The van der Waals surface area contributed by atoms with Gasteiger partial charge < -0.3 is 11.1 Å². The number of hydrogen-bond donors (Lipinski definition) is 2. The van der Waals surface area contributed by atoms with Crippen LogP contribution in [0.4, 0.5) is 5.00 Å². The molecule has 0 bridgehead atoms. The van der Waals surface area contributed by atoms with E-state index in [1.54, 1.807) is 34.9 Å². The number of rotatable bonds is 4. The second kappa shape index (κ2) is 7.87. The monoisotopic (exact) mass is 450 g/mol. The molecular formula is C20H16Cl2N2O2S2. The van der Waals surface area contributed by atoms with Crippen molar-refractivity contribution in [1.82, 2.24) is 0 Å². The lowest BCUT2D eigenvalue weighted by Crippen LogP contribution is -2.18. The predicted molar refractivity (Wildman–Crippen MR) is 117 cm³/mol. The molecule has 144 valence electrons. The lowest BCUT2D eigenvalue weighted by atomic mass is 9.95. The molecule has 3 N–H and O–H groups in total. The van der Waals surface area contributed by atoms with Gasteiger partial charge in [0.25, 0.3) is 11.8 Å². The fourth-order valence-electron chi connectivity index (χ4n) is 3.46. The van der Waals surface area contributed by atoms with Crippen molar-refractivity contribution in [3.63, 3.8) is 0 Å². The van der Waals surface area contributed by atoms with Crippen molar-refractivity contribution in [1.29, 1.82) is 0 Å². The molecule has 0 unspecified atom stereocenters. The highest BCUT2D eigenvalue weighted by atomic mass is 35.5. The van der Waals surface area contributed by atoms with Gasteiger partial charge in [-0.25, -0.2) is 0 Å². The fraction of sp³-hybridized carbons (Fsp3) is 0.200. The molecule has 0 fully saturated rings. The minimum absolute atomic E-state index is 0.211. The summed E-state index contributed by atoms with van der Waals surface area (Å²) in [5.74, 6) is -0.831. The molecule has 0 atom stereocenters. The van der Waals surface area contributed by atoms with Gasteiger partial charge in [0.05, 0.1) is 11.1 Å². The van der Waals surface area contributed by atoms with Gasteiger partial charge in [-0.15, -0.1) is 22.7 Å². The molecule has 2 heterocycles. The largest absolute Gasteiger partial charge is 0.365 e. The van der Waals surface area contributed by atoms with Crippen LogP contribution >= 0.6 is 45.9 Å². The van der Waals surface area contributed by atoms with Gasteiger partial charge in [-0.3, -0.25) is 9.59 Å². The van der Waals surface area contributed by atoms with E-state index in [0.29, 0.717) is 31.7 Å². The Bertz CT molecular complexity index is 1090. The van der Waals surface area contributed by atoms with E-state index in [0.717, 1.165) is 31.2 Å². The van der Waals surface area contributed by atoms with Crippen molar-refractivity contribution < 1.29 is 9.59 Å². The Hall–Kier alpha value is -1.86. The molecule has 4 nitrogen and oxygen atoms in total. The zero-order valence-electron chi connectivity index (χ0n) is 14.7. The van der Waals surface area contributed by atoms with Crippen molar-refractivity contribution >= 4 is 62.7 Å². The molecule has 0 saturated carbocycles. The number of amides is 2. The van der Waals surface area contributed by atoms with Crippen LogP contribution in [0.2, 0.25) is 10.0 Å². The Morgan fingerprint density at radius 2 is 1.82 bits per heavy atom. The summed E-state index contributed by atoms with van der Waals surface area (Å²) in [5.41, 5.74) is 8.94. The Balaban J connectivity index is 1.69. The van der Waals surface area contributed by atoms with Gasteiger partial charge in [0.15, 0.2) is 0 Å². The predicted octanol–water partition coefficient (Wildman–Crippen LogP) is 6.01. The summed E-state index contributed by atoms with van der Waals surface area (Å²) < 4.78 is 0. The molecule has 1 aliphatic carbocycles. The summed E-state index contributed by atoms with van der Waals surface area (Å²) >= 11 is 15.1. The lowest BCUT2D eigenvalue weighted by Gasteiger charge is -2.13.